The lowest BCUT2D eigenvalue weighted by atomic mass is 9.79. The lowest BCUT2D eigenvalue weighted by molar-refractivity contribution is -0.117. The van der Waals surface area contributed by atoms with Crippen molar-refractivity contribution in [1.29, 1.82) is 5.41 Å². The number of pyridine rings is 1. The molecule has 1 spiro atoms. The Labute approximate surface area is 183 Å². The number of nitrogens with one attached hydrogen (secondary N) is 2. The van der Waals surface area contributed by atoms with Crippen molar-refractivity contribution in [2.75, 3.05) is 11.9 Å². The average molecular weight is 442 g/mol. The summed E-state index contributed by atoms with van der Waals surface area (Å²) in [6.07, 6.45) is 3.19. The molecule has 9 heteroatoms. The molecule has 1 aromatic heterocycles. The molecule has 1 atom stereocenters. The van der Waals surface area contributed by atoms with Crippen LogP contribution in [0.3, 0.4) is 0 Å². The molecule has 2 heterocycles. The number of nitrogens with zero attached hydrogens (tertiary/aromatic N) is 1. The summed E-state index contributed by atoms with van der Waals surface area (Å²) in [4.78, 5) is 25.4. The molecule has 0 radical (unpaired) electrons. The molecule has 32 heavy (non-hydrogen) atoms. The van der Waals surface area contributed by atoms with Crippen LogP contribution in [0.15, 0.2) is 41.0 Å². The number of aromatic nitrogens is 1. The maximum absolute atomic E-state index is 13.9. The second kappa shape index (κ2) is 7.89. The zero-order valence-corrected chi connectivity index (χ0v) is 17.8. The van der Waals surface area contributed by atoms with Crippen LogP contribution in [0.4, 0.5) is 14.5 Å². The summed E-state index contributed by atoms with van der Waals surface area (Å²) in [5.41, 5.74) is 6.66. The molecule has 1 aromatic carbocycles. The Morgan fingerprint density at radius 3 is 2.56 bits per heavy atom. The third-order valence-corrected chi connectivity index (χ3v) is 6.14. The number of halogens is 2. The highest BCUT2D eigenvalue weighted by Crippen LogP contribution is 2.61. The first-order valence-corrected chi connectivity index (χ1v) is 10.3. The van der Waals surface area contributed by atoms with Gasteiger partial charge in [-0.25, -0.2) is 8.78 Å². The highest BCUT2D eigenvalue weighted by atomic mass is 19.2. The van der Waals surface area contributed by atoms with Gasteiger partial charge < -0.3 is 21.2 Å². The highest BCUT2D eigenvalue weighted by molar-refractivity contribution is 6.16. The van der Waals surface area contributed by atoms with Crippen LogP contribution in [0.1, 0.15) is 44.6 Å². The number of hydrogen-bond acceptors (Lipinski definition) is 5. The van der Waals surface area contributed by atoms with Crippen LogP contribution in [0.2, 0.25) is 0 Å². The average Bonchev–Trinajstić information content (AvgIpc) is 3.48. The standard InChI is InChI=1S/C23H24F2N4O3/c1-12(26)22(13(2)27)29-6-3-14(7-21(29)31)28-20(30)9-16-15-8-17(24)18(25)10-19(15)32-11-23(16)4-5-23/h3,6-8,10,16,26H,4-5,9,11,27H2,1-2H3,(H,28,30)/b22-13+,26-12?. The second-order valence-electron chi connectivity index (χ2n) is 8.54. The molecule has 1 aliphatic carbocycles. The fourth-order valence-corrected chi connectivity index (χ4v) is 4.38. The number of anilines is 1. The minimum Gasteiger partial charge on any atom is -0.493 e. The van der Waals surface area contributed by atoms with E-state index in [0.717, 1.165) is 25.0 Å². The summed E-state index contributed by atoms with van der Waals surface area (Å²) in [5.74, 6) is -2.35. The van der Waals surface area contributed by atoms with Crippen molar-refractivity contribution in [1.82, 2.24) is 4.57 Å². The van der Waals surface area contributed by atoms with Crippen LogP contribution in [-0.4, -0.2) is 22.8 Å². The van der Waals surface area contributed by atoms with Gasteiger partial charge in [-0.3, -0.25) is 14.2 Å². The summed E-state index contributed by atoms with van der Waals surface area (Å²) in [5, 5.41) is 10.5. The molecule has 2 aliphatic rings. The number of ether oxygens (including phenoxy) is 1. The molecule has 4 N–H and O–H groups in total. The molecule has 4 rings (SSSR count). The summed E-state index contributed by atoms with van der Waals surface area (Å²) in [7, 11) is 0. The van der Waals surface area contributed by atoms with Gasteiger partial charge in [0.05, 0.1) is 18.0 Å². The molecular formula is C23H24F2N4O3. The number of nitrogens with two attached hydrogens (primary N) is 1. The van der Waals surface area contributed by atoms with Crippen molar-refractivity contribution >= 4 is 23.0 Å². The quantitative estimate of drug-likeness (QED) is 0.615. The largest absolute Gasteiger partial charge is 0.493 e. The van der Waals surface area contributed by atoms with Crippen molar-refractivity contribution in [3.63, 3.8) is 0 Å². The predicted molar refractivity (Wildman–Crippen MR) is 117 cm³/mol. The van der Waals surface area contributed by atoms with E-state index in [4.69, 9.17) is 15.9 Å². The van der Waals surface area contributed by atoms with Crippen LogP contribution >= 0.6 is 0 Å². The van der Waals surface area contributed by atoms with Gasteiger partial charge in [-0.15, -0.1) is 0 Å². The van der Waals surface area contributed by atoms with E-state index in [9.17, 15) is 18.4 Å². The van der Waals surface area contributed by atoms with E-state index >= 15 is 0 Å². The Hall–Kier alpha value is -3.49. The Bertz CT molecular complexity index is 1210. The number of allylic oxidation sites excluding steroid dienone is 2. The van der Waals surface area contributed by atoms with Gasteiger partial charge in [-0.05, 0) is 38.8 Å². The lowest BCUT2D eigenvalue weighted by Crippen LogP contribution is -2.31. The summed E-state index contributed by atoms with van der Waals surface area (Å²) >= 11 is 0. The minimum atomic E-state index is -0.986. The van der Waals surface area contributed by atoms with Crippen LogP contribution < -0.4 is 21.3 Å². The topological polar surface area (TPSA) is 110 Å². The summed E-state index contributed by atoms with van der Waals surface area (Å²) in [6, 6.07) is 4.95. The van der Waals surface area contributed by atoms with Crippen LogP contribution in [0, 0.1) is 22.5 Å². The third kappa shape index (κ3) is 3.90. The fraction of sp³-hybridized carbons (Fsp3) is 0.348. The zero-order chi connectivity index (χ0) is 23.2. The van der Waals surface area contributed by atoms with Crippen molar-refractivity contribution in [3.8, 4) is 5.75 Å². The molecule has 1 unspecified atom stereocenters. The first-order chi connectivity index (χ1) is 15.1. The van der Waals surface area contributed by atoms with Gasteiger partial charge in [0.1, 0.15) is 5.75 Å². The molecule has 7 nitrogen and oxygen atoms in total. The predicted octanol–water partition coefficient (Wildman–Crippen LogP) is 3.60. The number of amides is 1. The van der Waals surface area contributed by atoms with Crippen molar-refractivity contribution < 1.29 is 18.3 Å². The van der Waals surface area contributed by atoms with E-state index in [1.165, 1.54) is 23.8 Å². The number of carbonyl (C=O) groups is 1. The Kier molecular flexibility index (Phi) is 5.36. The number of carbonyl (C=O) groups excluding carboxylic acids is 1. The fourth-order valence-electron chi connectivity index (χ4n) is 4.38. The maximum atomic E-state index is 13.9. The van der Waals surface area contributed by atoms with E-state index in [0.29, 0.717) is 23.6 Å². The van der Waals surface area contributed by atoms with Gasteiger partial charge in [0.25, 0.3) is 5.56 Å². The van der Waals surface area contributed by atoms with Gasteiger partial charge >= 0.3 is 0 Å². The molecular weight excluding hydrogens is 418 g/mol. The molecule has 1 saturated carbocycles. The van der Waals surface area contributed by atoms with E-state index in [1.54, 1.807) is 13.0 Å². The normalized spacial score (nSPS) is 18.9. The summed E-state index contributed by atoms with van der Waals surface area (Å²) < 4.78 is 34.4. The van der Waals surface area contributed by atoms with Crippen molar-refractivity contribution in [2.24, 2.45) is 11.1 Å². The molecule has 1 amide bonds. The van der Waals surface area contributed by atoms with Gasteiger partial charge in [-0.2, -0.15) is 0 Å². The number of hydrogen-bond donors (Lipinski definition) is 3. The first kappa shape index (κ1) is 21.7. The Morgan fingerprint density at radius 2 is 1.97 bits per heavy atom. The molecule has 0 saturated heterocycles. The first-order valence-electron chi connectivity index (χ1n) is 10.3. The molecule has 2 aromatic rings. The van der Waals surface area contributed by atoms with Gasteiger partial charge in [0.2, 0.25) is 5.91 Å². The van der Waals surface area contributed by atoms with E-state index in [2.05, 4.69) is 5.32 Å². The van der Waals surface area contributed by atoms with Crippen LogP contribution in [0.25, 0.3) is 5.70 Å². The van der Waals surface area contributed by atoms with Crippen LogP contribution in [0.5, 0.6) is 5.75 Å². The number of rotatable bonds is 5. The Morgan fingerprint density at radius 1 is 1.28 bits per heavy atom. The SMILES string of the molecule is CC(=N)/C(=C(/C)N)n1ccc(NC(=O)CC2c3cc(F)c(F)cc3OCC23CC3)cc1=O. The Balaban J connectivity index is 1.55. The molecule has 168 valence electrons. The van der Waals surface area contributed by atoms with E-state index in [-0.39, 0.29) is 40.8 Å². The van der Waals surface area contributed by atoms with Gasteiger partial charge in [0.15, 0.2) is 11.6 Å². The van der Waals surface area contributed by atoms with Crippen molar-refractivity contribution in [3.05, 3.63) is 63.7 Å². The monoisotopic (exact) mass is 442 g/mol. The van der Waals surface area contributed by atoms with E-state index < -0.39 is 17.2 Å². The number of benzene rings is 1. The minimum absolute atomic E-state index is 0.0528. The van der Waals surface area contributed by atoms with Gasteiger partial charge in [0, 0.05) is 53.0 Å². The zero-order valence-electron chi connectivity index (χ0n) is 17.8. The lowest BCUT2D eigenvalue weighted by Gasteiger charge is -2.33. The molecule has 1 fully saturated rings. The van der Waals surface area contributed by atoms with Gasteiger partial charge in [-0.1, -0.05) is 0 Å². The van der Waals surface area contributed by atoms with Crippen LogP contribution in [-0.2, 0) is 4.79 Å². The highest BCUT2D eigenvalue weighted by Gasteiger charge is 2.54. The molecule has 1 aliphatic heterocycles. The number of fused-ring (bicyclic) bond motifs is 1. The summed E-state index contributed by atoms with van der Waals surface area (Å²) in [6.45, 7) is 3.49. The second-order valence-corrected chi connectivity index (χ2v) is 8.54. The third-order valence-electron chi connectivity index (χ3n) is 6.14. The maximum Gasteiger partial charge on any atom is 0.257 e. The van der Waals surface area contributed by atoms with E-state index in [1.807, 2.05) is 0 Å². The van der Waals surface area contributed by atoms with Crippen molar-refractivity contribution in [2.45, 2.75) is 39.0 Å². The smallest absolute Gasteiger partial charge is 0.257 e. The molecule has 0 bridgehead atoms.